The third-order valence-corrected chi connectivity index (χ3v) is 6.47. The average molecular weight is 417 g/mol. The number of nitrogens with zero attached hydrogens (tertiary/aromatic N) is 2. The molecule has 2 saturated heterocycles. The van der Waals surface area contributed by atoms with Crippen LogP contribution in [0.15, 0.2) is 35.8 Å². The average Bonchev–Trinajstić information content (AvgIpc) is 3.31. The standard InChI is InChI=1S/C23H32N2O3S/c1-16(8-11-29-5)23(26)25-15-20-12-21(25)14-24(20)13-19-6-7-22(18(3)17(19)2)28-10-9-27-4/h6-8,11,20-21H,1,9-10,12-15H2,2-5H3/b11-8-. The lowest BCUT2D eigenvalue weighted by Crippen LogP contribution is -2.48. The van der Waals surface area contributed by atoms with Crippen LogP contribution in [0.25, 0.3) is 0 Å². The molecule has 5 nitrogen and oxygen atoms in total. The van der Waals surface area contributed by atoms with E-state index < -0.39 is 0 Å². The maximum Gasteiger partial charge on any atom is 0.253 e. The Balaban J connectivity index is 1.60. The molecule has 2 heterocycles. The lowest BCUT2D eigenvalue weighted by atomic mass is 10.0. The highest BCUT2D eigenvalue weighted by molar-refractivity contribution is 8.01. The number of rotatable bonds is 9. The summed E-state index contributed by atoms with van der Waals surface area (Å²) in [6, 6.07) is 4.97. The van der Waals surface area contributed by atoms with E-state index in [-0.39, 0.29) is 5.91 Å². The lowest BCUT2D eigenvalue weighted by molar-refractivity contribution is -0.129. The highest BCUT2D eigenvalue weighted by atomic mass is 32.2. The van der Waals surface area contributed by atoms with Crippen molar-refractivity contribution in [2.24, 2.45) is 0 Å². The Hall–Kier alpha value is -1.76. The minimum Gasteiger partial charge on any atom is -0.491 e. The van der Waals surface area contributed by atoms with Crippen molar-refractivity contribution < 1.29 is 14.3 Å². The summed E-state index contributed by atoms with van der Waals surface area (Å²) in [5, 5.41) is 1.91. The van der Waals surface area contributed by atoms with E-state index in [1.54, 1.807) is 18.9 Å². The van der Waals surface area contributed by atoms with Crippen LogP contribution < -0.4 is 4.74 Å². The molecule has 2 bridgehead atoms. The van der Waals surface area contributed by atoms with Crippen molar-refractivity contribution in [3.63, 3.8) is 0 Å². The van der Waals surface area contributed by atoms with Gasteiger partial charge in [0.1, 0.15) is 12.4 Å². The van der Waals surface area contributed by atoms with Crippen LogP contribution in [0.3, 0.4) is 0 Å². The first kappa shape index (κ1) is 21.9. The quantitative estimate of drug-likeness (QED) is 0.350. The number of methoxy groups -OCH3 is 1. The van der Waals surface area contributed by atoms with Crippen LogP contribution in [0.5, 0.6) is 5.75 Å². The van der Waals surface area contributed by atoms with Crippen molar-refractivity contribution in [2.45, 2.75) is 38.9 Å². The molecule has 6 heteroatoms. The minimum absolute atomic E-state index is 0.0760. The molecule has 0 aromatic heterocycles. The van der Waals surface area contributed by atoms with Gasteiger partial charge in [0.2, 0.25) is 0 Å². The zero-order chi connectivity index (χ0) is 21.0. The van der Waals surface area contributed by atoms with Crippen LogP contribution in [0.1, 0.15) is 23.1 Å². The number of amides is 1. The van der Waals surface area contributed by atoms with Gasteiger partial charge in [-0.15, -0.1) is 11.8 Å². The largest absolute Gasteiger partial charge is 0.491 e. The van der Waals surface area contributed by atoms with E-state index in [1.165, 1.54) is 16.7 Å². The van der Waals surface area contributed by atoms with E-state index in [0.717, 1.165) is 31.8 Å². The SMILES string of the molecule is C=C(/C=C\SC)C(=O)N1CC2CC1CN2Cc1ccc(OCCOC)c(C)c1C. The molecule has 2 fully saturated rings. The van der Waals surface area contributed by atoms with Gasteiger partial charge in [0.05, 0.1) is 6.61 Å². The van der Waals surface area contributed by atoms with Gasteiger partial charge in [-0.3, -0.25) is 9.69 Å². The number of benzene rings is 1. The van der Waals surface area contributed by atoms with E-state index in [1.807, 2.05) is 22.6 Å². The maximum absolute atomic E-state index is 12.7. The minimum atomic E-state index is 0.0760. The molecule has 3 rings (SSSR count). The van der Waals surface area contributed by atoms with Crippen LogP contribution >= 0.6 is 11.8 Å². The van der Waals surface area contributed by atoms with Crippen molar-refractivity contribution in [1.29, 1.82) is 0 Å². The zero-order valence-electron chi connectivity index (χ0n) is 17.9. The second-order valence-corrected chi connectivity index (χ2v) is 8.55. The topological polar surface area (TPSA) is 42.0 Å². The van der Waals surface area contributed by atoms with Crippen molar-refractivity contribution in [1.82, 2.24) is 9.80 Å². The summed E-state index contributed by atoms with van der Waals surface area (Å²) in [6.45, 7) is 12.0. The molecule has 2 unspecified atom stereocenters. The molecule has 2 aliphatic rings. The molecule has 1 aromatic rings. The number of thioether (sulfide) groups is 1. The molecule has 0 saturated carbocycles. The Labute approximate surface area is 178 Å². The van der Waals surface area contributed by atoms with Crippen molar-refractivity contribution in [2.75, 3.05) is 39.7 Å². The molecule has 1 amide bonds. The van der Waals surface area contributed by atoms with Gasteiger partial charge in [0, 0.05) is 44.4 Å². The summed E-state index contributed by atoms with van der Waals surface area (Å²) in [6.07, 6.45) is 4.85. The Morgan fingerprint density at radius 1 is 1.24 bits per heavy atom. The molecule has 29 heavy (non-hydrogen) atoms. The summed E-state index contributed by atoms with van der Waals surface area (Å²) in [5.74, 6) is 1.01. The number of hydrogen-bond acceptors (Lipinski definition) is 5. The summed E-state index contributed by atoms with van der Waals surface area (Å²) in [7, 11) is 1.68. The first-order chi connectivity index (χ1) is 14.0. The number of carbonyl (C=O) groups excluding carboxylic acids is 1. The Morgan fingerprint density at radius 2 is 2.03 bits per heavy atom. The molecule has 0 aliphatic carbocycles. The van der Waals surface area contributed by atoms with E-state index in [0.29, 0.717) is 30.9 Å². The highest BCUT2D eigenvalue weighted by Gasteiger charge is 2.45. The predicted octanol–water partition coefficient (Wildman–Crippen LogP) is 3.55. The highest BCUT2D eigenvalue weighted by Crippen LogP contribution is 2.34. The van der Waals surface area contributed by atoms with Gasteiger partial charge < -0.3 is 14.4 Å². The van der Waals surface area contributed by atoms with Crippen LogP contribution in [-0.4, -0.2) is 67.5 Å². The van der Waals surface area contributed by atoms with Gasteiger partial charge in [0.15, 0.2) is 0 Å². The summed E-state index contributed by atoms with van der Waals surface area (Å²) < 4.78 is 10.9. The van der Waals surface area contributed by atoms with Crippen LogP contribution in [-0.2, 0) is 16.1 Å². The zero-order valence-corrected chi connectivity index (χ0v) is 18.8. The van der Waals surface area contributed by atoms with Gasteiger partial charge in [-0.2, -0.15) is 0 Å². The number of likely N-dealkylation sites (tertiary alicyclic amines) is 2. The third kappa shape index (κ3) is 4.87. The fourth-order valence-corrected chi connectivity index (χ4v) is 4.53. The lowest BCUT2D eigenvalue weighted by Gasteiger charge is -2.34. The summed E-state index contributed by atoms with van der Waals surface area (Å²) in [5.41, 5.74) is 4.39. The van der Waals surface area contributed by atoms with Gasteiger partial charge >= 0.3 is 0 Å². The fourth-order valence-electron chi connectivity index (χ4n) is 4.23. The fraction of sp³-hybridized carbons (Fsp3) is 0.522. The number of ether oxygens (including phenoxy) is 2. The van der Waals surface area contributed by atoms with Gasteiger partial charge in [0.25, 0.3) is 5.91 Å². The van der Waals surface area contributed by atoms with E-state index in [9.17, 15) is 4.79 Å². The molecule has 0 spiro atoms. The normalized spacial score (nSPS) is 21.3. The Kier molecular flexibility index (Phi) is 7.44. The number of carbonyl (C=O) groups is 1. The monoisotopic (exact) mass is 416 g/mol. The Morgan fingerprint density at radius 3 is 2.69 bits per heavy atom. The van der Waals surface area contributed by atoms with Crippen molar-refractivity contribution in [3.8, 4) is 5.75 Å². The van der Waals surface area contributed by atoms with Crippen LogP contribution in [0.2, 0.25) is 0 Å². The molecule has 2 aliphatic heterocycles. The smallest absolute Gasteiger partial charge is 0.253 e. The first-order valence-electron chi connectivity index (χ1n) is 10.1. The van der Waals surface area contributed by atoms with E-state index in [4.69, 9.17) is 9.47 Å². The molecule has 0 N–H and O–H groups in total. The Bertz CT molecular complexity index is 793. The molecule has 1 aromatic carbocycles. The van der Waals surface area contributed by atoms with Crippen molar-refractivity contribution in [3.05, 3.63) is 52.5 Å². The van der Waals surface area contributed by atoms with Crippen LogP contribution in [0, 0.1) is 13.8 Å². The van der Waals surface area contributed by atoms with Gasteiger partial charge in [-0.25, -0.2) is 0 Å². The van der Waals surface area contributed by atoms with E-state index >= 15 is 0 Å². The molecule has 0 radical (unpaired) electrons. The maximum atomic E-state index is 12.7. The van der Waals surface area contributed by atoms with Gasteiger partial charge in [-0.05, 0) is 60.8 Å². The molecular weight excluding hydrogens is 384 g/mol. The first-order valence-corrected chi connectivity index (χ1v) is 11.4. The number of fused-ring (bicyclic) bond motifs is 2. The van der Waals surface area contributed by atoms with Gasteiger partial charge in [-0.1, -0.05) is 12.6 Å². The molecule has 2 atom stereocenters. The number of hydrogen-bond donors (Lipinski definition) is 0. The third-order valence-electron chi connectivity index (χ3n) is 6.06. The molecule has 158 valence electrons. The summed E-state index contributed by atoms with van der Waals surface area (Å²) in [4.78, 5) is 17.2. The predicted molar refractivity (Wildman–Crippen MR) is 119 cm³/mol. The van der Waals surface area contributed by atoms with Crippen molar-refractivity contribution >= 4 is 17.7 Å². The van der Waals surface area contributed by atoms with E-state index in [2.05, 4.69) is 37.5 Å². The second-order valence-electron chi connectivity index (χ2n) is 7.81. The number of piperazine rings is 1. The molecular formula is C23H32N2O3S. The second kappa shape index (κ2) is 9.83. The summed E-state index contributed by atoms with van der Waals surface area (Å²) >= 11 is 1.58. The van der Waals surface area contributed by atoms with Crippen LogP contribution in [0.4, 0.5) is 0 Å².